The number of hydrogen-bond donors (Lipinski definition) is 1. The van der Waals surface area contributed by atoms with Gasteiger partial charge < -0.3 is 19.4 Å². The van der Waals surface area contributed by atoms with Gasteiger partial charge in [0.1, 0.15) is 12.4 Å². The molecule has 0 atom stereocenters. The zero-order valence-electron chi connectivity index (χ0n) is 19.1. The maximum absolute atomic E-state index is 12.7. The second-order valence-electron chi connectivity index (χ2n) is 8.65. The van der Waals surface area contributed by atoms with E-state index in [0.717, 1.165) is 39.1 Å². The van der Waals surface area contributed by atoms with Crippen molar-refractivity contribution in [3.05, 3.63) is 35.1 Å². The van der Waals surface area contributed by atoms with E-state index in [2.05, 4.69) is 20.4 Å². The number of thioether (sulfide) groups is 1. The largest absolute Gasteiger partial charge is 0.486 e. The number of nitrogens with zero attached hydrogens (tertiary/aromatic N) is 4. The molecule has 33 heavy (non-hydrogen) atoms. The summed E-state index contributed by atoms with van der Waals surface area (Å²) in [6, 6.07) is 7.19. The molecule has 2 fully saturated rings. The fourth-order valence-electron chi connectivity index (χ4n) is 4.57. The Morgan fingerprint density at radius 3 is 2.64 bits per heavy atom. The molecule has 1 saturated heterocycles. The average molecular weight is 494 g/mol. The Morgan fingerprint density at radius 1 is 1.18 bits per heavy atom. The van der Waals surface area contributed by atoms with Gasteiger partial charge >= 0.3 is 0 Å². The topological polar surface area (TPSA) is 81.5 Å². The molecule has 10 heteroatoms. The Labute approximate surface area is 204 Å². The quantitative estimate of drug-likeness (QED) is 0.537. The zero-order valence-corrected chi connectivity index (χ0v) is 20.7. The number of nitrogens with one attached hydrogen (secondary N) is 1. The number of benzene rings is 1. The van der Waals surface area contributed by atoms with E-state index in [-0.39, 0.29) is 11.4 Å². The number of aromatic nitrogens is 3. The SMILES string of the molecule is Cn1c(COc2ccc(Cl)cc2)nnc1SCC(=O)NCC1(N2CCOCC2)CCCCC1. The third-order valence-corrected chi connectivity index (χ3v) is 7.79. The Bertz CT molecular complexity index is 911. The maximum atomic E-state index is 12.7. The number of hydrogen-bond acceptors (Lipinski definition) is 7. The van der Waals surface area contributed by atoms with Crippen molar-refractivity contribution in [2.24, 2.45) is 7.05 Å². The van der Waals surface area contributed by atoms with Gasteiger partial charge in [0, 0.05) is 37.2 Å². The third-order valence-electron chi connectivity index (χ3n) is 6.52. The maximum Gasteiger partial charge on any atom is 0.230 e. The van der Waals surface area contributed by atoms with Crippen molar-refractivity contribution in [3.63, 3.8) is 0 Å². The third kappa shape index (κ3) is 6.41. The highest BCUT2D eigenvalue weighted by molar-refractivity contribution is 7.99. The van der Waals surface area contributed by atoms with E-state index in [4.69, 9.17) is 21.1 Å². The van der Waals surface area contributed by atoms with Crippen LogP contribution in [0.5, 0.6) is 5.75 Å². The lowest BCUT2D eigenvalue weighted by molar-refractivity contribution is -0.119. The normalized spacial score (nSPS) is 18.7. The molecular weight excluding hydrogens is 462 g/mol. The molecule has 2 aromatic rings. The molecule has 8 nitrogen and oxygen atoms in total. The summed E-state index contributed by atoms with van der Waals surface area (Å²) in [5, 5.41) is 13.0. The minimum atomic E-state index is 0.0279. The van der Waals surface area contributed by atoms with Crippen LogP contribution in [-0.2, 0) is 23.2 Å². The molecule has 1 saturated carbocycles. The van der Waals surface area contributed by atoms with Gasteiger partial charge in [-0.15, -0.1) is 10.2 Å². The van der Waals surface area contributed by atoms with E-state index in [0.29, 0.717) is 40.7 Å². The fourth-order valence-corrected chi connectivity index (χ4v) is 5.46. The second kappa shape index (κ2) is 11.6. The number of carbonyl (C=O) groups is 1. The molecule has 0 spiro atoms. The zero-order chi connectivity index (χ0) is 23.1. The number of ether oxygens (including phenoxy) is 2. The van der Waals surface area contributed by atoms with Gasteiger partial charge in [0.05, 0.1) is 19.0 Å². The summed E-state index contributed by atoms with van der Waals surface area (Å²) >= 11 is 7.30. The van der Waals surface area contributed by atoms with Crippen LogP contribution in [0, 0.1) is 0 Å². The number of rotatable bonds is 9. The van der Waals surface area contributed by atoms with E-state index in [1.54, 1.807) is 12.1 Å². The molecule has 4 rings (SSSR count). The first-order valence-corrected chi connectivity index (χ1v) is 12.9. The standard InChI is InChI=1S/C23H32ClN5O3S/c1-28-20(15-32-19-7-5-18(24)6-8-19)26-27-22(28)33-16-21(30)25-17-23(9-3-2-4-10-23)29-11-13-31-14-12-29/h5-8H,2-4,9-17H2,1H3,(H,25,30). The van der Waals surface area contributed by atoms with Crippen molar-refractivity contribution in [1.82, 2.24) is 25.0 Å². The van der Waals surface area contributed by atoms with E-state index in [1.807, 2.05) is 23.7 Å². The van der Waals surface area contributed by atoms with Gasteiger partial charge in [0.2, 0.25) is 5.91 Å². The molecule has 1 aromatic carbocycles. The predicted molar refractivity (Wildman–Crippen MR) is 129 cm³/mol. The van der Waals surface area contributed by atoms with Crippen LogP contribution in [0.2, 0.25) is 5.02 Å². The van der Waals surface area contributed by atoms with E-state index in [9.17, 15) is 4.79 Å². The van der Waals surface area contributed by atoms with Crippen molar-refractivity contribution in [2.45, 2.75) is 49.4 Å². The van der Waals surface area contributed by atoms with Gasteiger partial charge in [0.25, 0.3) is 0 Å². The van der Waals surface area contributed by atoms with Gasteiger partial charge in [-0.25, -0.2) is 0 Å². The molecule has 1 aliphatic carbocycles. The first kappa shape index (κ1) is 24.3. The van der Waals surface area contributed by atoms with Crippen LogP contribution in [0.4, 0.5) is 0 Å². The second-order valence-corrected chi connectivity index (χ2v) is 10.0. The van der Waals surface area contributed by atoms with Crippen LogP contribution in [-0.4, -0.2) is 69.7 Å². The molecule has 1 N–H and O–H groups in total. The summed E-state index contributed by atoms with van der Waals surface area (Å²) in [4.78, 5) is 15.2. The highest BCUT2D eigenvalue weighted by Gasteiger charge is 2.38. The van der Waals surface area contributed by atoms with Gasteiger partial charge in [-0.05, 0) is 37.1 Å². The minimum Gasteiger partial charge on any atom is -0.486 e. The van der Waals surface area contributed by atoms with E-state index in [1.165, 1.54) is 31.0 Å². The lowest BCUT2D eigenvalue weighted by Gasteiger charge is -2.48. The first-order chi connectivity index (χ1) is 16.1. The van der Waals surface area contributed by atoms with Crippen LogP contribution in [0.1, 0.15) is 37.9 Å². The highest BCUT2D eigenvalue weighted by atomic mass is 35.5. The van der Waals surface area contributed by atoms with Crippen molar-refractivity contribution < 1.29 is 14.3 Å². The van der Waals surface area contributed by atoms with Gasteiger partial charge in [-0.3, -0.25) is 9.69 Å². The molecule has 1 aromatic heterocycles. The molecular formula is C23H32ClN5O3S. The summed E-state index contributed by atoms with van der Waals surface area (Å²) in [6.07, 6.45) is 6.01. The van der Waals surface area contributed by atoms with Crippen LogP contribution < -0.4 is 10.1 Å². The molecule has 0 radical (unpaired) electrons. The Morgan fingerprint density at radius 2 is 1.91 bits per heavy atom. The number of morpholine rings is 1. The summed E-state index contributed by atoms with van der Waals surface area (Å²) in [7, 11) is 1.89. The molecule has 180 valence electrons. The van der Waals surface area contributed by atoms with Gasteiger partial charge in [-0.2, -0.15) is 0 Å². The lowest BCUT2D eigenvalue weighted by Crippen LogP contribution is -2.59. The Kier molecular flexibility index (Phi) is 8.51. The van der Waals surface area contributed by atoms with Crippen molar-refractivity contribution in [3.8, 4) is 5.75 Å². The van der Waals surface area contributed by atoms with E-state index >= 15 is 0 Å². The van der Waals surface area contributed by atoms with Crippen LogP contribution in [0.3, 0.4) is 0 Å². The monoisotopic (exact) mass is 493 g/mol. The number of carbonyl (C=O) groups excluding carboxylic acids is 1. The molecule has 2 heterocycles. The molecule has 0 unspecified atom stereocenters. The molecule has 0 bridgehead atoms. The van der Waals surface area contributed by atoms with Gasteiger partial charge in [-0.1, -0.05) is 42.6 Å². The Hall–Kier alpha value is -1.81. The summed E-state index contributed by atoms with van der Waals surface area (Å²) in [5.41, 5.74) is 0.0688. The summed E-state index contributed by atoms with van der Waals surface area (Å²) in [6.45, 7) is 4.45. The fraction of sp³-hybridized carbons (Fsp3) is 0.609. The van der Waals surface area contributed by atoms with E-state index < -0.39 is 0 Å². The van der Waals surface area contributed by atoms with Gasteiger partial charge in [0.15, 0.2) is 11.0 Å². The van der Waals surface area contributed by atoms with Crippen molar-refractivity contribution in [1.29, 1.82) is 0 Å². The van der Waals surface area contributed by atoms with Crippen LogP contribution in [0.15, 0.2) is 29.4 Å². The minimum absolute atomic E-state index is 0.0279. The number of halogens is 1. The number of amides is 1. The van der Waals surface area contributed by atoms with Crippen LogP contribution >= 0.6 is 23.4 Å². The first-order valence-electron chi connectivity index (χ1n) is 11.5. The summed E-state index contributed by atoms with van der Waals surface area (Å²) in [5.74, 6) is 1.75. The van der Waals surface area contributed by atoms with Crippen molar-refractivity contribution >= 4 is 29.3 Å². The molecule has 1 amide bonds. The Balaban J connectivity index is 1.26. The van der Waals surface area contributed by atoms with Crippen molar-refractivity contribution in [2.75, 3.05) is 38.6 Å². The molecule has 1 aliphatic heterocycles. The van der Waals surface area contributed by atoms with Crippen LogP contribution in [0.25, 0.3) is 0 Å². The summed E-state index contributed by atoms with van der Waals surface area (Å²) < 4.78 is 13.2. The predicted octanol–water partition coefficient (Wildman–Crippen LogP) is 3.29. The highest BCUT2D eigenvalue weighted by Crippen LogP contribution is 2.34. The molecule has 2 aliphatic rings. The smallest absolute Gasteiger partial charge is 0.230 e. The average Bonchev–Trinajstić information content (AvgIpc) is 3.21. The lowest BCUT2D eigenvalue weighted by atomic mass is 9.79.